The molecule has 2 aromatic carbocycles. The summed E-state index contributed by atoms with van der Waals surface area (Å²) in [7, 11) is 1.55. The minimum absolute atomic E-state index is 0.155. The van der Waals surface area contributed by atoms with Crippen LogP contribution in [-0.4, -0.2) is 33.8 Å². The fraction of sp³-hybridized carbons (Fsp3) is 0.111. The monoisotopic (exact) mass is 397 g/mol. The summed E-state index contributed by atoms with van der Waals surface area (Å²) >= 11 is 0.996. The molecule has 0 saturated heterocycles. The quantitative estimate of drug-likeness (QED) is 0.275. The Labute approximate surface area is 163 Å². The van der Waals surface area contributed by atoms with Gasteiger partial charge < -0.3 is 4.74 Å². The number of hydrogen-bond donors (Lipinski definition) is 0. The van der Waals surface area contributed by atoms with Gasteiger partial charge in [-0.3, -0.25) is 14.9 Å². The molecule has 3 rings (SSSR count). The van der Waals surface area contributed by atoms with Crippen molar-refractivity contribution in [1.82, 2.24) is 9.78 Å². The van der Waals surface area contributed by atoms with Crippen molar-refractivity contribution in [3.8, 4) is 11.4 Å². The number of benzene rings is 2. The van der Waals surface area contributed by atoms with E-state index in [0.717, 1.165) is 11.3 Å². The Kier molecular flexibility index (Phi) is 5.70. The van der Waals surface area contributed by atoms with E-state index in [0.29, 0.717) is 11.3 Å². The highest BCUT2D eigenvalue weighted by molar-refractivity contribution is 7.10. The van der Waals surface area contributed by atoms with Gasteiger partial charge in [-0.2, -0.15) is 14.9 Å². The van der Waals surface area contributed by atoms with Gasteiger partial charge in [0.25, 0.3) is 5.69 Å². The summed E-state index contributed by atoms with van der Waals surface area (Å²) in [5.41, 5.74) is 0.753. The topological polar surface area (TPSA) is 112 Å². The van der Waals surface area contributed by atoms with Crippen LogP contribution in [0.1, 0.15) is 22.3 Å². The predicted molar refractivity (Wildman–Crippen MR) is 104 cm³/mol. The molecule has 0 spiro atoms. The van der Waals surface area contributed by atoms with Crippen molar-refractivity contribution in [2.45, 2.75) is 6.92 Å². The minimum atomic E-state index is -0.517. The third kappa shape index (κ3) is 4.01. The number of rotatable bonds is 6. The number of nitrogens with zero attached hydrogens (tertiary/aromatic N) is 5. The average molecular weight is 397 g/mol. The second-order valence-corrected chi connectivity index (χ2v) is 6.45. The molecule has 1 aromatic heterocycles. The van der Waals surface area contributed by atoms with Gasteiger partial charge in [0.15, 0.2) is 10.8 Å². The molecule has 0 bridgehead atoms. The van der Waals surface area contributed by atoms with Gasteiger partial charge in [0.05, 0.1) is 18.2 Å². The van der Waals surface area contributed by atoms with E-state index in [1.54, 1.807) is 25.3 Å². The highest BCUT2D eigenvalue weighted by Crippen LogP contribution is 2.21. The summed E-state index contributed by atoms with van der Waals surface area (Å²) in [5.74, 6) is 0.356. The van der Waals surface area contributed by atoms with E-state index in [2.05, 4.69) is 15.3 Å². The zero-order chi connectivity index (χ0) is 20.1. The van der Waals surface area contributed by atoms with Crippen LogP contribution < -0.4 is 9.54 Å². The first-order chi connectivity index (χ1) is 13.5. The summed E-state index contributed by atoms with van der Waals surface area (Å²) in [6, 6.07) is 13.3. The van der Waals surface area contributed by atoms with Gasteiger partial charge >= 0.3 is 0 Å². The van der Waals surface area contributed by atoms with Gasteiger partial charge in [0.1, 0.15) is 11.4 Å². The molecule has 0 aliphatic heterocycles. The average Bonchev–Trinajstić information content (AvgIpc) is 3.12. The minimum Gasteiger partial charge on any atom is -0.496 e. The number of ketones is 1. The summed E-state index contributed by atoms with van der Waals surface area (Å²) < 4.78 is 6.50. The summed E-state index contributed by atoms with van der Waals surface area (Å²) in [4.78, 5) is 22.8. The highest BCUT2D eigenvalue weighted by Gasteiger charge is 2.19. The summed E-state index contributed by atoms with van der Waals surface area (Å²) in [5, 5.41) is 23.8. The number of carbonyl (C=O) groups is 1. The van der Waals surface area contributed by atoms with Crippen molar-refractivity contribution >= 4 is 29.0 Å². The number of ether oxygens (including phenoxy) is 1. The van der Waals surface area contributed by atoms with Crippen LogP contribution in [0.5, 0.6) is 5.75 Å². The molecule has 142 valence electrons. The number of methoxy groups -OCH3 is 1. The maximum atomic E-state index is 11.7. The third-order valence-corrected chi connectivity index (χ3v) is 4.65. The maximum Gasteiger partial charge on any atom is 0.294 e. The van der Waals surface area contributed by atoms with E-state index in [1.165, 1.54) is 30.0 Å². The van der Waals surface area contributed by atoms with Gasteiger partial charge in [0, 0.05) is 18.6 Å². The lowest BCUT2D eigenvalue weighted by Gasteiger charge is -2.02. The van der Waals surface area contributed by atoms with Crippen LogP contribution in [0.2, 0.25) is 0 Å². The van der Waals surface area contributed by atoms with E-state index in [4.69, 9.17) is 4.74 Å². The molecular weight excluding hydrogens is 382 g/mol. The van der Waals surface area contributed by atoms with Crippen LogP contribution in [0.25, 0.3) is 5.69 Å². The first kappa shape index (κ1) is 19.1. The van der Waals surface area contributed by atoms with Crippen LogP contribution in [0, 0.1) is 10.1 Å². The van der Waals surface area contributed by atoms with Crippen LogP contribution in [-0.2, 0) is 0 Å². The van der Waals surface area contributed by atoms with Crippen molar-refractivity contribution < 1.29 is 14.5 Å². The molecule has 0 amide bonds. The Bertz CT molecular complexity index is 1130. The van der Waals surface area contributed by atoms with Gasteiger partial charge in [-0.1, -0.05) is 35.6 Å². The molecule has 9 nitrogen and oxygen atoms in total. The number of nitro groups is 1. The zero-order valence-corrected chi connectivity index (χ0v) is 15.8. The van der Waals surface area contributed by atoms with Crippen molar-refractivity contribution in [3.63, 3.8) is 0 Å². The molecule has 0 unspecified atom stereocenters. The van der Waals surface area contributed by atoms with Gasteiger partial charge in [-0.25, -0.2) is 0 Å². The highest BCUT2D eigenvalue weighted by atomic mass is 32.1. The fourth-order valence-corrected chi connectivity index (χ4v) is 3.11. The largest absolute Gasteiger partial charge is 0.496 e. The van der Waals surface area contributed by atoms with Gasteiger partial charge in [0.2, 0.25) is 4.80 Å². The van der Waals surface area contributed by atoms with Crippen molar-refractivity contribution in [3.05, 3.63) is 74.0 Å². The number of para-hydroxylation sites is 3. The van der Waals surface area contributed by atoms with Crippen LogP contribution in [0.4, 0.5) is 5.69 Å². The molecular formula is C18H15N5O4S. The van der Waals surface area contributed by atoms with E-state index < -0.39 is 4.92 Å². The standard InChI is InChI=1S/C18H15N5O4S/c1-12(24)17-21-22(14-8-4-5-9-15(14)23(25)26)18(28-17)20-19-11-13-7-3-6-10-16(13)27-2/h3-11H,1-2H3/b19-11-,20-18-. The van der Waals surface area contributed by atoms with Crippen molar-refractivity contribution in [1.29, 1.82) is 0 Å². The molecule has 0 fully saturated rings. The molecule has 0 aliphatic rings. The fourth-order valence-electron chi connectivity index (χ4n) is 2.36. The predicted octanol–water partition coefficient (Wildman–Crippen LogP) is 2.99. The Morgan fingerprint density at radius 1 is 1.25 bits per heavy atom. The normalized spacial score (nSPS) is 11.7. The number of hydrogen-bond acceptors (Lipinski definition) is 8. The SMILES string of the molecule is COc1ccccc1/C=N\N=c1/sc(C(C)=O)nn1-c1ccccc1[N+](=O)[O-]. The van der Waals surface area contributed by atoms with Crippen LogP contribution in [0.15, 0.2) is 58.7 Å². The van der Waals surface area contributed by atoms with Crippen LogP contribution >= 0.6 is 11.3 Å². The van der Waals surface area contributed by atoms with Crippen molar-refractivity contribution in [2.75, 3.05) is 7.11 Å². The number of Topliss-reactive ketones (excluding diaryl/α,β-unsaturated/α-hetero) is 1. The zero-order valence-electron chi connectivity index (χ0n) is 15.0. The molecule has 0 saturated carbocycles. The molecule has 0 aliphatic carbocycles. The maximum absolute atomic E-state index is 11.7. The number of aromatic nitrogens is 2. The molecule has 0 radical (unpaired) electrons. The van der Waals surface area contributed by atoms with Crippen LogP contribution in [0.3, 0.4) is 0 Å². The van der Waals surface area contributed by atoms with E-state index in [-0.39, 0.29) is 27.0 Å². The molecule has 1 heterocycles. The first-order valence-corrected chi connectivity index (χ1v) is 8.88. The Balaban J connectivity index is 2.11. The Morgan fingerprint density at radius 3 is 2.68 bits per heavy atom. The molecule has 28 heavy (non-hydrogen) atoms. The van der Waals surface area contributed by atoms with E-state index in [1.807, 2.05) is 18.2 Å². The second kappa shape index (κ2) is 8.35. The third-order valence-electron chi connectivity index (χ3n) is 3.65. The Morgan fingerprint density at radius 2 is 1.96 bits per heavy atom. The molecule has 3 aromatic rings. The number of nitro benzene ring substituents is 1. The van der Waals surface area contributed by atoms with E-state index >= 15 is 0 Å². The summed E-state index contributed by atoms with van der Waals surface area (Å²) in [6.07, 6.45) is 1.50. The molecule has 0 atom stereocenters. The van der Waals surface area contributed by atoms with Crippen molar-refractivity contribution in [2.24, 2.45) is 10.2 Å². The summed E-state index contributed by atoms with van der Waals surface area (Å²) in [6.45, 7) is 1.37. The first-order valence-electron chi connectivity index (χ1n) is 8.06. The lowest BCUT2D eigenvalue weighted by molar-refractivity contribution is -0.384. The Hall–Kier alpha value is -3.66. The molecule has 10 heteroatoms. The van der Waals surface area contributed by atoms with Gasteiger partial charge in [-0.05, 0) is 18.2 Å². The number of carbonyl (C=O) groups excluding carboxylic acids is 1. The van der Waals surface area contributed by atoms with Gasteiger partial charge in [-0.15, -0.1) is 5.10 Å². The van der Waals surface area contributed by atoms with E-state index in [9.17, 15) is 14.9 Å². The lowest BCUT2D eigenvalue weighted by Crippen LogP contribution is -2.15. The molecule has 0 N–H and O–H groups in total. The lowest BCUT2D eigenvalue weighted by atomic mass is 10.2. The second-order valence-electron chi connectivity index (χ2n) is 5.49. The smallest absolute Gasteiger partial charge is 0.294 e.